The Labute approximate surface area is 223 Å². The molecule has 1 unspecified atom stereocenters. The van der Waals surface area contributed by atoms with Crippen LogP contribution in [0.3, 0.4) is 0 Å². The highest BCUT2D eigenvalue weighted by atomic mass is 35.5. The number of anilines is 1. The second-order valence-corrected chi connectivity index (χ2v) is 10.6. The van der Waals surface area contributed by atoms with E-state index >= 15 is 0 Å². The summed E-state index contributed by atoms with van der Waals surface area (Å²) in [5.41, 5.74) is 2.13. The Morgan fingerprint density at radius 3 is 2.11 bits per heavy atom. The molecular formula is C27H31ClN2O6S. The summed E-state index contributed by atoms with van der Waals surface area (Å²) in [5.74, 6) is 0.932. The fourth-order valence-electron chi connectivity index (χ4n) is 3.94. The highest BCUT2D eigenvalue weighted by molar-refractivity contribution is 7.92. The Bertz CT molecular complexity index is 1350. The van der Waals surface area contributed by atoms with Gasteiger partial charge >= 0.3 is 0 Å². The fourth-order valence-corrected chi connectivity index (χ4v) is 5.50. The lowest BCUT2D eigenvalue weighted by atomic mass is 10.0. The van der Waals surface area contributed by atoms with E-state index in [1.54, 1.807) is 31.4 Å². The van der Waals surface area contributed by atoms with Crippen LogP contribution in [0.15, 0.2) is 65.6 Å². The summed E-state index contributed by atoms with van der Waals surface area (Å²) in [7, 11) is 0.321. The largest absolute Gasteiger partial charge is 0.496 e. The van der Waals surface area contributed by atoms with Crippen LogP contribution in [0, 0.1) is 6.92 Å². The summed E-state index contributed by atoms with van der Waals surface area (Å²) >= 11 is 6.03. The lowest BCUT2D eigenvalue weighted by Gasteiger charge is -2.26. The maximum absolute atomic E-state index is 13.8. The second kappa shape index (κ2) is 12.2. The van der Waals surface area contributed by atoms with Gasteiger partial charge in [0.05, 0.1) is 38.0 Å². The van der Waals surface area contributed by atoms with Gasteiger partial charge in [0.2, 0.25) is 5.91 Å². The number of carbonyl (C=O) groups is 1. The van der Waals surface area contributed by atoms with Crippen LogP contribution in [0.2, 0.25) is 5.02 Å². The summed E-state index contributed by atoms with van der Waals surface area (Å²) in [6, 6.07) is 15.9. The summed E-state index contributed by atoms with van der Waals surface area (Å²) in [5, 5.41) is 3.41. The van der Waals surface area contributed by atoms with Crippen molar-refractivity contribution in [2.75, 3.05) is 32.2 Å². The Kier molecular flexibility index (Phi) is 9.29. The minimum atomic E-state index is -4.17. The number of ether oxygens (including phenoxy) is 3. The van der Waals surface area contributed by atoms with Crippen LogP contribution < -0.4 is 23.8 Å². The molecule has 0 fully saturated rings. The van der Waals surface area contributed by atoms with Crippen molar-refractivity contribution in [1.29, 1.82) is 0 Å². The number of sulfonamides is 1. The van der Waals surface area contributed by atoms with Crippen molar-refractivity contribution < 1.29 is 27.4 Å². The molecule has 0 aliphatic rings. The number of methoxy groups -OCH3 is 3. The first-order chi connectivity index (χ1) is 17.6. The van der Waals surface area contributed by atoms with Crippen LogP contribution in [-0.2, 0) is 14.8 Å². The van der Waals surface area contributed by atoms with Crippen LogP contribution in [0.25, 0.3) is 0 Å². The van der Waals surface area contributed by atoms with Crippen molar-refractivity contribution in [2.24, 2.45) is 0 Å². The number of amides is 1. The molecule has 8 nitrogen and oxygen atoms in total. The minimum absolute atomic E-state index is 0.0503. The van der Waals surface area contributed by atoms with Crippen molar-refractivity contribution in [1.82, 2.24) is 5.32 Å². The number of hydrogen-bond acceptors (Lipinski definition) is 6. The van der Waals surface area contributed by atoms with Gasteiger partial charge in [0.25, 0.3) is 10.0 Å². The van der Waals surface area contributed by atoms with E-state index in [2.05, 4.69) is 5.32 Å². The van der Waals surface area contributed by atoms with E-state index in [-0.39, 0.29) is 16.7 Å². The van der Waals surface area contributed by atoms with E-state index in [1.807, 2.05) is 32.0 Å². The minimum Gasteiger partial charge on any atom is -0.496 e. The molecule has 3 aromatic rings. The molecule has 0 aliphatic carbocycles. The highest BCUT2D eigenvalue weighted by Crippen LogP contribution is 2.32. The summed E-state index contributed by atoms with van der Waals surface area (Å²) in [6.45, 7) is 3.43. The molecule has 1 atom stereocenters. The normalized spacial score (nSPS) is 11.9. The van der Waals surface area contributed by atoms with Crippen molar-refractivity contribution in [3.63, 3.8) is 0 Å². The Morgan fingerprint density at radius 1 is 0.919 bits per heavy atom. The number of rotatable bonds is 11. The highest BCUT2D eigenvalue weighted by Gasteiger charge is 2.29. The van der Waals surface area contributed by atoms with Crippen LogP contribution in [-0.4, -0.2) is 42.2 Å². The van der Waals surface area contributed by atoms with Crippen molar-refractivity contribution >= 4 is 33.2 Å². The quantitative estimate of drug-likeness (QED) is 0.358. The SMILES string of the molecule is CCC(NC(=O)CN(c1ccc(Cl)cc1)S(=O)(=O)c1ccc(OC)c(OC)c1)c1ccc(OC)c(C)c1. The first kappa shape index (κ1) is 28.1. The third-order valence-corrected chi connectivity index (χ3v) is 7.93. The maximum atomic E-state index is 13.8. The first-order valence-electron chi connectivity index (χ1n) is 11.6. The molecule has 3 aromatic carbocycles. The van der Waals surface area contributed by atoms with E-state index in [9.17, 15) is 13.2 Å². The fraction of sp³-hybridized carbons (Fsp3) is 0.296. The van der Waals surface area contributed by atoms with Crippen LogP contribution >= 0.6 is 11.6 Å². The molecule has 0 saturated carbocycles. The van der Waals surface area contributed by atoms with E-state index in [1.165, 1.54) is 32.4 Å². The van der Waals surface area contributed by atoms with Gasteiger partial charge in [-0.15, -0.1) is 0 Å². The zero-order valence-electron chi connectivity index (χ0n) is 21.4. The zero-order valence-corrected chi connectivity index (χ0v) is 23.0. The van der Waals surface area contributed by atoms with Crippen molar-refractivity contribution in [3.05, 3.63) is 76.8 Å². The number of hydrogen-bond donors (Lipinski definition) is 1. The van der Waals surface area contributed by atoms with Gasteiger partial charge in [0.15, 0.2) is 11.5 Å². The van der Waals surface area contributed by atoms with Crippen LogP contribution in [0.1, 0.15) is 30.5 Å². The molecule has 0 spiro atoms. The van der Waals surface area contributed by atoms with Crippen molar-refractivity contribution in [3.8, 4) is 17.2 Å². The van der Waals surface area contributed by atoms with Gasteiger partial charge in [-0.3, -0.25) is 9.10 Å². The van der Waals surface area contributed by atoms with E-state index in [0.717, 1.165) is 21.2 Å². The number of nitrogens with zero attached hydrogens (tertiary/aromatic N) is 1. The number of halogens is 1. The lowest BCUT2D eigenvalue weighted by Crippen LogP contribution is -2.42. The molecule has 0 saturated heterocycles. The van der Waals surface area contributed by atoms with Gasteiger partial charge in [0.1, 0.15) is 12.3 Å². The molecule has 0 aromatic heterocycles. The zero-order chi connectivity index (χ0) is 27.2. The van der Waals surface area contributed by atoms with Gasteiger partial charge in [0, 0.05) is 11.1 Å². The predicted molar refractivity (Wildman–Crippen MR) is 144 cm³/mol. The van der Waals surface area contributed by atoms with Gasteiger partial charge in [-0.2, -0.15) is 0 Å². The topological polar surface area (TPSA) is 94.2 Å². The molecule has 3 rings (SSSR count). The number of carbonyl (C=O) groups excluding carboxylic acids is 1. The molecule has 1 amide bonds. The molecule has 10 heteroatoms. The average molecular weight is 547 g/mol. The van der Waals surface area contributed by atoms with Gasteiger partial charge in [-0.05, 0) is 66.9 Å². The summed E-state index contributed by atoms with van der Waals surface area (Å²) in [6.07, 6.45) is 0.612. The van der Waals surface area contributed by atoms with Gasteiger partial charge < -0.3 is 19.5 Å². The van der Waals surface area contributed by atoms with E-state index in [0.29, 0.717) is 22.9 Å². The molecule has 1 N–H and O–H groups in total. The maximum Gasteiger partial charge on any atom is 0.264 e. The summed E-state index contributed by atoms with van der Waals surface area (Å²) < 4.78 is 44.4. The molecule has 0 heterocycles. The van der Waals surface area contributed by atoms with E-state index in [4.69, 9.17) is 25.8 Å². The molecule has 0 radical (unpaired) electrons. The average Bonchev–Trinajstić information content (AvgIpc) is 2.90. The predicted octanol–water partition coefficient (Wildman–Crippen LogP) is 5.14. The second-order valence-electron chi connectivity index (χ2n) is 8.26. The summed E-state index contributed by atoms with van der Waals surface area (Å²) in [4.78, 5) is 13.2. The molecule has 37 heavy (non-hydrogen) atoms. The molecule has 198 valence electrons. The van der Waals surface area contributed by atoms with E-state index < -0.39 is 22.5 Å². The van der Waals surface area contributed by atoms with Crippen LogP contribution in [0.4, 0.5) is 5.69 Å². The number of nitrogens with one attached hydrogen (secondary N) is 1. The van der Waals surface area contributed by atoms with Gasteiger partial charge in [-0.25, -0.2) is 8.42 Å². The first-order valence-corrected chi connectivity index (χ1v) is 13.4. The third-order valence-electron chi connectivity index (χ3n) is 5.91. The smallest absolute Gasteiger partial charge is 0.264 e. The lowest BCUT2D eigenvalue weighted by molar-refractivity contribution is -0.120. The number of benzene rings is 3. The Balaban J connectivity index is 1.94. The Morgan fingerprint density at radius 2 is 1.54 bits per heavy atom. The third kappa shape index (κ3) is 6.47. The van der Waals surface area contributed by atoms with Gasteiger partial charge in [-0.1, -0.05) is 30.7 Å². The molecule has 0 aliphatic heterocycles. The van der Waals surface area contributed by atoms with Crippen LogP contribution in [0.5, 0.6) is 17.2 Å². The Hall–Kier alpha value is -3.43. The number of aryl methyl sites for hydroxylation is 1. The monoisotopic (exact) mass is 546 g/mol. The molecular weight excluding hydrogens is 516 g/mol. The molecule has 0 bridgehead atoms. The van der Waals surface area contributed by atoms with Crippen molar-refractivity contribution in [2.45, 2.75) is 31.2 Å². The standard InChI is InChI=1S/C27H31ClN2O6S/c1-6-23(19-7-13-24(34-3)18(2)15-19)29-27(31)17-30(21-10-8-20(28)9-11-21)37(32,33)22-12-14-25(35-4)26(16-22)36-5/h7-16,23H,6,17H2,1-5H3,(H,29,31).